The number of urea groups is 1. The molecule has 0 unspecified atom stereocenters. The molecule has 0 bridgehead atoms. The lowest BCUT2D eigenvalue weighted by atomic mass is 9.64. The van der Waals surface area contributed by atoms with Gasteiger partial charge in [-0.15, -0.1) is 0 Å². The SMILES string of the molecule is COc1ccc(C(C)=O)cc1CN1C(=O)N[C@@]2(C[C@@H](C)CC(C)(C)C2)C1=O. The summed E-state index contributed by atoms with van der Waals surface area (Å²) < 4.78 is 5.37. The number of nitrogens with one attached hydrogen (secondary N) is 1. The number of methoxy groups -OCH3 is 1. The van der Waals surface area contributed by atoms with Crippen LogP contribution in [0.3, 0.4) is 0 Å². The van der Waals surface area contributed by atoms with Crippen LogP contribution in [0.2, 0.25) is 0 Å². The summed E-state index contributed by atoms with van der Waals surface area (Å²) in [6.07, 6.45) is 2.32. The number of Topliss-reactive ketones (excluding diaryl/α,β-unsaturated/α-hetero) is 1. The Labute approximate surface area is 160 Å². The van der Waals surface area contributed by atoms with Crippen LogP contribution in [0, 0.1) is 11.3 Å². The summed E-state index contributed by atoms with van der Waals surface area (Å²) in [5.74, 6) is 0.658. The van der Waals surface area contributed by atoms with Crippen LogP contribution in [0.15, 0.2) is 18.2 Å². The Hall–Kier alpha value is -2.37. The maximum atomic E-state index is 13.3. The summed E-state index contributed by atoms with van der Waals surface area (Å²) in [6.45, 7) is 7.99. The van der Waals surface area contributed by atoms with Crippen molar-refractivity contribution in [1.82, 2.24) is 10.2 Å². The number of rotatable bonds is 4. The zero-order valence-electron chi connectivity index (χ0n) is 16.7. The van der Waals surface area contributed by atoms with Gasteiger partial charge in [-0.25, -0.2) is 4.79 Å². The Balaban J connectivity index is 1.91. The largest absolute Gasteiger partial charge is 0.496 e. The summed E-state index contributed by atoms with van der Waals surface area (Å²) in [5, 5.41) is 2.98. The van der Waals surface area contributed by atoms with E-state index in [0.29, 0.717) is 35.6 Å². The van der Waals surface area contributed by atoms with Crippen molar-refractivity contribution in [2.24, 2.45) is 11.3 Å². The number of hydrogen-bond acceptors (Lipinski definition) is 4. The standard InChI is InChI=1S/C21H28N2O4/c1-13-9-20(3,4)12-21(10-13)18(25)23(19(26)22-21)11-16-8-15(14(2)24)6-7-17(16)27-5/h6-8,13H,9-12H2,1-5H3,(H,22,26)/t13-,21+/m0/s1. The number of carbonyl (C=O) groups excluding carboxylic acids is 3. The molecule has 1 heterocycles. The first-order valence-corrected chi connectivity index (χ1v) is 9.39. The Morgan fingerprint density at radius 2 is 2.00 bits per heavy atom. The highest BCUT2D eigenvalue weighted by Crippen LogP contribution is 2.46. The molecule has 1 spiro atoms. The molecule has 2 aliphatic rings. The zero-order valence-corrected chi connectivity index (χ0v) is 16.7. The van der Waals surface area contributed by atoms with Crippen molar-refractivity contribution in [3.63, 3.8) is 0 Å². The van der Waals surface area contributed by atoms with Crippen LogP contribution in [-0.2, 0) is 11.3 Å². The van der Waals surface area contributed by atoms with Gasteiger partial charge in [0.15, 0.2) is 5.78 Å². The predicted molar refractivity (Wildman–Crippen MR) is 102 cm³/mol. The normalized spacial score (nSPS) is 27.0. The number of hydrogen-bond donors (Lipinski definition) is 1. The maximum absolute atomic E-state index is 13.3. The minimum absolute atomic E-state index is 0.0111. The lowest BCUT2D eigenvalue weighted by Crippen LogP contribution is -2.54. The average molecular weight is 372 g/mol. The molecule has 1 aromatic rings. The molecule has 1 aliphatic carbocycles. The van der Waals surface area contributed by atoms with E-state index in [9.17, 15) is 14.4 Å². The van der Waals surface area contributed by atoms with Crippen LogP contribution in [0.5, 0.6) is 5.75 Å². The van der Waals surface area contributed by atoms with E-state index in [1.807, 2.05) is 0 Å². The van der Waals surface area contributed by atoms with Crippen molar-refractivity contribution in [3.8, 4) is 5.75 Å². The highest BCUT2D eigenvalue weighted by Gasteiger charge is 2.56. The molecule has 1 saturated heterocycles. The molecule has 2 atom stereocenters. The van der Waals surface area contributed by atoms with E-state index in [-0.39, 0.29) is 29.7 Å². The molecule has 6 nitrogen and oxygen atoms in total. The van der Waals surface area contributed by atoms with Crippen LogP contribution in [0.4, 0.5) is 4.79 Å². The van der Waals surface area contributed by atoms with Crippen LogP contribution >= 0.6 is 0 Å². The Morgan fingerprint density at radius 1 is 1.30 bits per heavy atom. The monoisotopic (exact) mass is 372 g/mol. The van der Waals surface area contributed by atoms with Crippen molar-refractivity contribution in [3.05, 3.63) is 29.3 Å². The minimum atomic E-state index is -0.830. The second-order valence-corrected chi connectivity index (χ2v) is 8.84. The van der Waals surface area contributed by atoms with Gasteiger partial charge in [-0.3, -0.25) is 14.5 Å². The van der Waals surface area contributed by atoms with Crippen molar-refractivity contribution in [2.45, 2.75) is 59.0 Å². The number of benzene rings is 1. The molecule has 1 aromatic carbocycles. The molecule has 1 aliphatic heterocycles. The summed E-state index contributed by atoms with van der Waals surface area (Å²) in [4.78, 5) is 38.9. The fourth-order valence-electron chi connectivity index (χ4n) is 4.94. The van der Waals surface area contributed by atoms with Crippen molar-refractivity contribution in [2.75, 3.05) is 7.11 Å². The average Bonchev–Trinajstić information content (AvgIpc) is 2.76. The Kier molecular flexibility index (Phi) is 4.78. The third kappa shape index (κ3) is 3.57. The fourth-order valence-corrected chi connectivity index (χ4v) is 4.94. The van der Waals surface area contributed by atoms with Crippen LogP contribution in [0.1, 0.15) is 62.9 Å². The number of imide groups is 1. The number of nitrogens with zero attached hydrogens (tertiary/aromatic N) is 1. The smallest absolute Gasteiger partial charge is 0.325 e. The first-order valence-electron chi connectivity index (χ1n) is 9.39. The molecule has 0 radical (unpaired) electrons. The molecule has 3 amide bonds. The maximum Gasteiger partial charge on any atom is 0.325 e. The van der Waals surface area contributed by atoms with Gasteiger partial charge in [0.1, 0.15) is 11.3 Å². The highest BCUT2D eigenvalue weighted by molar-refractivity contribution is 6.07. The van der Waals surface area contributed by atoms with Crippen molar-refractivity contribution < 1.29 is 19.1 Å². The van der Waals surface area contributed by atoms with Gasteiger partial charge in [-0.05, 0) is 55.7 Å². The third-order valence-electron chi connectivity index (χ3n) is 5.64. The lowest BCUT2D eigenvalue weighted by Gasteiger charge is -2.43. The molecule has 146 valence electrons. The Morgan fingerprint density at radius 3 is 2.59 bits per heavy atom. The van der Waals surface area contributed by atoms with E-state index in [2.05, 4.69) is 26.1 Å². The zero-order chi connectivity index (χ0) is 20.0. The Bertz CT molecular complexity index is 801. The van der Waals surface area contributed by atoms with Gasteiger partial charge in [0.05, 0.1) is 13.7 Å². The second-order valence-electron chi connectivity index (χ2n) is 8.84. The summed E-state index contributed by atoms with van der Waals surface area (Å²) in [6, 6.07) is 4.70. The van der Waals surface area contributed by atoms with Crippen LogP contribution in [-0.4, -0.2) is 35.3 Å². The van der Waals surface area contributed by atoms with Gasteiger partial charge in [0.2, 0.25) is 0 Å². The second kappa shape index (κ2) is 6.66. The quantitative estimate of drug-likeness (QED) is 0.648. The van der Waals surface area contributed by atoms with E-state index in [1.165, 1.54) is 18.9 Å². The van der Waals surface area contributed by atoms with E-state index in [4.69, 9.17) is 4.74 Å². The third-order valence-corrected chi connectivity index (χ3v) is 5.64. The molecular formula is C21H28N2O4. The van der Waals surface area contributed by atoms with E-state index >= 15 is 0 Å². The van der Waals surface area contributed by atoms with Crippen LogP contribution in [0.25, 0.3) is 0 Å². The topological polar surface area (TPSA) is 75.7 Å². The van der Waals surface area contributed by atoms with Gasteiger partial charge in [0.25, 0.3) is 5.91 Å². The molecular weight excluding hydrogens is 344 g/mol. The molecule has 3 rings (SSSR count). The summed E-state index contributed by atoms with van der Waals surface area (Å²) >= 11 is 0. The van der Waals surface area contributed by atoms with Gasteiger partial charge in [-0.2, -0.15) is 0 Å². The van der Waals surface area contributed by atoms with E-state index in [0.717, 1.165) is 6.42 Å². The number of ketones is 1. The molecule has 0 aromatic heterocycles. The molecule has 27 heavy (non-hydrogen) atoms. The number of ether oxygens (including phenoxy) is 1. The first-order chi connectivity index (χ1) is 12.6. The van der Waals surface area contributed by atoms with Gasteiger partial charge in [-0.1, -0.05) is 20.8 Å². The minimum Gasteiger partial charge on any atom is -0.496 e. The van der Waals surface area contributed by atoms with Crippen LogP contribution < -0.4 is 10.1 Å². The molecule has 1 N–H and O–H groups in total. The highest BCUT2D eigenvalue weighted by atomic mass is 16.5. The summed E-state index contributed by atoms with van der Waals surface area (Å²) in [5.41, 5.74) is 0.334. The molecule has 6 heteroatoms. The van der Waals surface area contributed by atoms with Gasteiger partial charge < -0.3 is 10.1 Å². The summed E-state index contributed by atoms with van der Waals surface area (Å²) in [7, 11) is 1.53. The number of carbonyl (C=O) groups is 3. The van der Waals surface area contributed by atoms with E-state index < -0.39 is 5.54 Å². The van der Waals surface area contributed by atoms with Gasteiger partial charge >= 0.3 is 6.03 Å². The van der Waals surface area contributed by atoms with E-state index in [1.54, 1.807) is 18.2 Å². The van der Waals surface area contributed by atoms with Gasteiger partial charge in [0, 0.05) is 11.1 Å². The fraction of sp³-hybridized carbons (Fsp3) is 0.571. The lowest BCUT2D eigenvalue weighted by molar-refractivity contribution is -0.135. The molecule has 2 fully saturated rings. The first kappa shape index (κ1) is 19.4. The predicted octanol–water partition coefficient (Wildman–Crippen LogP) is 3.53. The molecule has 1 saturated carbocycles. The number of amides is 3. The van der Waals surface area contributed by atoms with Crippen molar-refractivity contribution >= 4 is 17.7 Å². The van der Waals surface area contributed by atoms with Crippen molar-refractivity contribution in [1.29, 1.82) is 0 Å².